The van der Waals surface area contributed by atoms with Crippen LogP contribution in [0, 0.1) is 13.8 Å². The molecule has 0 unspecified atom stereocenters. The largest absolute Gasteiger partial charge is 0.467 e. The summed E-state index contributed by atoms with van der Waals surface area (Å²) < 4.78 is 6.95. The van der Waals surface area contributed by atoms with Crippen molar-refractivity contribution in [3.8, 4) is 6.01 Å². The van der Waals surface area contributed by atoms with Crippen LogP contribution in [0.4, 0.5) is 11.9 Å². The van der Waals surface area contributed by atoms with Gasteiger partial charge in [-0.3, -0.25) is 4.68 Å². The third-order valence-electron chi connectivity index (χ3n) is 3.21. The van der Waals surface area contributed by atoms with E-state index < -0.39 is 0 Å². The Kier molecular flexibility index (Phi) is 4.56. The number of aromatic nitrogens is 5. The predicted octanol–water partition coefficient (Wildman–Crippen LogP) is 1.27. The maximum atomic E-state index is 5.09. The van der Waals surface area contributed by atoms with E-state index in [1.807, 2.05) is 32.5 Å². The molecule has 114 valence electrons. The Hall–Kier alpha value is -2.38. The summed E-state index contributed by atoms with van der Waals surface area (Å²) in [5.41, 5.74) is 3.25. The Bertz CT molecular complexity index is 623. The molecule has 0 saturated heterocycles. The molecule has 0 spiro atoms. The second-order valence-electron chi connectivity index (χ2n) is 4.63. The van der Waals surface area contributed by atoms with Crippen LogP contribution in [0.3, 0.4) is 0 Å². The van der Waals surface area contributed by atoms with Crippen LogP contribution in [-0.2, 0) is 13.6 Å². The highest BCUT2D eigenvalue weighted by Crippen LogP contribution is 2.15. The lowest BCUT2D eigenvalue weighted by Gasteiger charge is -2.09. The summed E-state index contributed by atoms with van der Waals surface area (Å²) in [6.07, 6.45) is 0. The lowest BCUT2D eigenvalue weighted by molar-refractivity contribution is 0.379. The third-order valence-corrected chi connectivity index (χ3v) is 3.21. The first-order valence-corrected chi connectivity index (χ1v) is 6.82. The summed E-state index contributed by atoms with van der Waals surface area (Å²) in [6.45, 7) is 7.33. The standard InChI is InChI=1S/C13H21N7O/c1-6-14-11-16-12(18-13(17-11)21-5)15-7-10-8(2)19-20(4)9(10)3/h6-7H2,1-5H3,(H2,14,15,16,17,18). The van der Waals surface area contributed by atoms with Gasteiger partial charge in [0.05, 0.1) is 12.8 Å². The first-order valence-electron chi connectivity index (χ1n) is 6.82. The van der Waals surface area contributed by atoms with Gasteiger partial charge in [0, 0.05) is 31.4 Å². The summed E-state index contributed by atoms with van der Waals surface area (Å²) in [5.74, 6) is 0.965. The van der Waals surface area contributed by atoms with Gasteiger partial charge in [-0.1, -0.05) is 0 Å². The van der Waals surface area contributed by atoms with Crippen LogP contribution >= 0.6 is 0 Å². The highest BCUT2D eigenvalue weighted by molar-refractivity contribution is 5.37. The summed E-state index contributed by atoms with van der Waals surface area (Å²) in [5, 5.41) is 10.6. The fraction of sp³-hybridized carbons (Fsp3) is 0.538. The number of hydrogen-bond donors (Lipinski definition) is 2. The summed E-state index contributed by atoms with van der Waals surface area (Å²) in [6, 6.07) is 0.281. The summed E-state index contributed by atoms with van der Waals surface area (Å²) >= 11 is 0. The van der Waals surface area contributed by atoms with Crippen LogP contribution in [0.2, 0.25) is 0 Å². The first-order chi connectivity index (χ1) is 10.0. The molecule has 8 heteroatoms. The lowest BCUT2D eigenvalue weighted by Crippen LogP contribution is -2.10. The molecule has 0 bridgehead atoms. The van der Waals surface area contributed by atoms with Gasteiger partial charge in [0.1, 0.15) is 0 Å². The monoisotopic (exact) mass is 291 g/mol. The molecule has 0 amide bonds. The van der Waals surface area contributed by atoms with Crippen LogP contribution in [0.25, 0.3) is 0 Å². The zero-order valence-corrected chi connectivity index (χ0v) is 13.1. The number of nitrogens with one attached hydrogen (secondary N) is 2. The fourth-order valence-electron chi connectivity index (χ4n) is 2.00. The average molecular weight is 291 g/mol. The highest BCUT2D eigenvalue weighted by Gasteiger charge is 2.11. The fourth-order valence-corrected chi connectivity index (χ4v) is 2.00. The molecule has 0 saturated carbocycles. The van der Waals surface area contributed by atoms with E-state index in [0.29, 0.717) is 18.4 Å². The van der Waals surface area contributed by atoms with Crippen LogP contribution in [-0.4, -0.2) is 38.4 Å². The average Bonchev–Trinajstić information content (AvgIpc) is 2.70. The van der Waals surface area contributed by atoms with E-state index in [4.69, 9.17) is 4.74 Å². The quantitative estimate of drug-likeness (QED) is 0.828. The molecular formula is C13H21N7O. The molecule has 0 aliphatic heterocycles. The zero-order valence-electron chi connectivity index (χ0n) is 13.1. The molecule has 0 atom stereocenters. The molecule has 2 heterocycles. The van der Waals surface area contributed by atoms with Gasteiger partial charge in [-0.25, -0.2) is 0 Å². The summed E-state index contributed by atoms with van der Waals surface area (Å²) in [7, 11) is 3.46. The van der Waals surface area contributed by atoms with Gasteiger partial charge in [0.25, 0.3) is 0 Å². The van der Waals surface area contributed by atoms with Gasteiger partial charge in [-0.05, 0) is 20.8 Å². The second-order valence-corrected chi connectivity index (χ2v) is 4.63. The Labute approximate surface area is 124 Å². The SMILES string of the molecule is CCNc1nc(NCc2c(C)nn(C)c2C)nc(OC)n1. The van der Waals surface area contributed by atoms with Crippen molar-refractivity contribution in [1.82, 2.24) is 24.7 Å². The number of methoxy groups -OCH3 is 1. The molecule has 0 aromatic carbocycles. The van der Waals surface area contributed by atoms with E-state index in [-0.39, 0.29) is 6.01 Å². The van der Waals surface area contributed by atoms with Crippen LogP contribution in [0.5, 0.6) is 6.01 Å². The Morgan fingerprint density at radius 1 is 1.10 bits per heavy atom. The van der Waals surface area contributed by atoms with Crippen molar-refractivity contribution in [2.24, 2.45) is 7.05 Å². The zero-order chi connectivity index (χ0) is 15.4. The number of aryl methyl sites for hydroxylation is 2. The number of rotatable bonds is 6. The molecule has 2 N–H and O–H groups in total. The molecule has 8 nitrogen and oxygen atoms in total. The maximum absolute atomic E-state index is 5.09. The Balaban J connectivity index is 2.17. The summed E-state index contributed by atoms with van der Waals surface area (Å²) in [4.78, 5) is 12.6. The minimum absolute atomic E-state index is 0.281. The molecule has 0 fully saturated rings. The van der Waals surface area contributed by atoms with Gasteiger partial charge in [0.2, 0.25) is 11.9 Å². The van der Waals surface area contributed by atoms with Crippen LogP contribution < -0.4 is 15.4 Å². The topological polar surface area (TPSA) is 89.8 Å². The van der Waals surface area contributed by atoms with Crippen LogP contribution in [0.1, 0.15) is 23.9 Å². The molecular weight excluding hydrogens is 270 g/mol. The van der Waals surface area contributed by atoms with Crippen molar-refractivity contribution in [2.45, 2.75) is 27.3 Å². The Morgan fingerprint density at radius 2 is 1.76 bits per heavy atom. The van der Waals surface area contributed by atoms with Crippen molar-refractivity contribution < 1.29 is 4.74 Å². The van der Waals surface area contributed by atoms with E-state index in [0.717, 1.165) is 23.5 Å². The first kappa shape index (κ1) is 15.0. The molecule has 0 aliphatic rings. The van der Waals surface area contributed by atoms with Gasteiger partial charge >= 0.3 is 6.01 Å². The maximum Gasteiger partial charge on any atom is 0.322 e. The van der Waals surface area contributed by atoms with E-state index in [1.54, 1.807) is 0 Å². The van der Waals surface area contributed by atoms with Crippen molar-refractivity contribution in [3.63, 3.8) is 0 Å². The molecule has 0 radical (unpaired) electrons. The molecule has 0 aliphatic carbocycles. The normalized spacial score (nSPS) is 10.5. The van der Waals surface area contributed by atoms with E-state index >= 15 is 0 Å². The number of anilines is 2. The van der Waals surface area contributed by atoms with Gasteiger partial charge < -0.3 is 15.4 Å². The van der Waals surface area contributed by atoms with E-state index in [9.17, 15) is 0 Å². The molecule has 21 heavy (non-hydrogen) atoms. The van der Waals surface area contributed by atoms with Gasteiger partial charge in [-0.2, -0.15) is 20.1 Å². The number of nitrogens with zero attached hydrogens (tertiary/aromatic N) is 5. The predicted molar refractivity (Wildman–Crippen MR) is 80.6 cm³/mol. The van der Waals surface area contributed by atoms with Crippen molar-refractivity contribution >= 4 is 11.9 Å². The second kappa shape index (κ2) is 6.38. The lowest BCUT2D eigenvalue weighted by atomic mass is 10.2. The van der Waals surface area contributed by atoms with Crippen LogP contribution in [0.15, 0.2) is 0 Å². The number of hydrogen-bond acceptors (Lipinski definition) is 7. The minimum atomic E-state index is 0.281. The smallest absolute Gasteiger partial charge is 0.322 e. The molecule has 2 aromatic rings. The Morgan fingerprint density at radius 3 is 2.29 bits per heavy atom. The van der Waals surface area contributed by atoms with Gasteiger partial charge in [0.15, 0.2) is 0 Å². The van der Waals surface area contributed by atoms with Gasteiger partial charge in [-0.15, -0.1) is 0 Å². The van der Waals surface area contributed by atoms with Crippen molar-refractivity contribution in [1.29, 1.82) is 0 Å². The highest BCUT2D eigenvalue weighted by atomic mass is 16.5. The van der Waals surface area contributed by atoms with E-state index in [1.165, 1.54) is 7.11 Å². The third kappa shape index (κ3) is 3.39. The van der Waals surface area contributed by atoms with Crippen molar-refractivity contribution in [3.05, 3.63) is 17.0 Å². The van der Waals surface area contributed by atoms with Crippen molar-refractivity contribution in [2.75, 3.05) is 24.3 Å². The van der Waals surface area contributed by atoms with E-state index in [2.05, 4.69) is 30.7 Å². The molecule has 2 aromatic heterocycles. The minimum Gasteiger partial charge on any atom is -0.467 e. The number of ether oxygens (including phenoxy) is 1. The molecule has 2 rings (SSSR count).